The van der Waals surface area contributed by atoms with Gasteiger partial charge >= 0.3 is 0 Å². The van der Waals surface area contributed by atoms with Gasteiger partial charge in [-0.15, -0.1) is 16.4 Å². The lowest BCUT2D eigenvalue weighted by atomic mass is 10.2. The summed E-state index contributed by atoms with van der Waals surface area (Å²) in [6.45, 7) is 0.126. The lowest BCUT2D eigenvalue weighted by molar-refractivity contribution is 0.0958. The molecule has 3 heterocycles. The van der Waals surface area contributed by atoms with Crippen LogP contribution in [0.15, 0.2) is 12.3 Å². The lowest BCUT2D eigenvalue weighted by Gasteiger charge is -2.10. The molecule has 0 saturated carbocycles. The topological polar surface area (TPSA) is 115 Å². The van der Waals surface area contributed by atoms with Crippen LogP contribution in [0, 0.1) is 0 Å². The maximum absolute atomic E-state index is 12.2. The van der Waals surface area contributed by atoms with Crippen LogP contribution in [0.25, 0.3) is 10.2 Å². The van der Waals surface area contributed by atoms with Crippen LogP contribution in [0.4, 0.5) is 5.69 Å². The van der Waals surface area contributed by atoms with Gasteiger partial charge in [0.1, 0.15) is 9.71 Å². The van der Waals surface area contributed by atoms with Crippen LogP contribution < -0.4 is 11.1 Å². The third kappa shape index (κ3) is 2.58. The Morgan fingerprint density at radius 3 is 3.00 bits per heavy atom. The normalized spacial score (nSPS) is 20.7. The summed E-state index contributed by atoms with van der Waals surface area (Å²) >= 11 is 1.15. The van der Waals surface area contributed by atoms with Crippen LogP contribution in [0.5, 0.6) is 0 Å². The molecule has 1 unspecified atom stereocenters. The van der Waals surface area contributed by atoms with Gasteiger partial charge in [-0.3, -0.25) is 4.79 Å². The van der Waals surface area contributed by atoms with Gasteiger partial charge in [-0.2, -0.15) is 5.10 Å². The van der Waals surface area contributed by atoms with Gasteiger partial charge in [0.2, 0.25) is 0 Å². The summed E-state index contributed by atoms with van der Waals surface area (Å²) in [5.41, 5.74) is 6.30. The molecule has 112 valence electrons. The second kappa shape index (κ2) is 5.23. The highest BCUT2D eigenvalue weighted by Crippen LogP contribution is 2.31. The summed E-state index contributed by atoms with van der Waals surface area (Å²) in [6.07, 6.45) is 2.76. The third-order valence-corrected chi connectivity index (χ3v) is 6.96. The standard InChI is InChI=1S/C12H14N4O3S2/c13-9-8-3-4-15-16-12(8)20-10(9)11(17)14-6-7-2-1-5-21(7,18)19/h3-4,7H,1-2,5-6,13H2,(H,14,17). The number of aromatic nitrogens is 2. The molecule has 3 N–H and O–H groups in total. The van der Waals surface area contributed by atoms with E-state index >= 15 is 0 Å². The minimum Gasteiger partial charge on any atom is -0.397 e. The van der Waals surface area contributed by atoms with E-state index in [1.807, 2.05) is 0 Å². The predicted octanol–water partition coefficient (Wildman–Crippen LogP) is 0.580. The van der Waals surface area contributed by atoms with Crippen molar-refractivity contribution in [3.63, 3.8) is 0 Å². The molecular weight excluding hydrogens is 312 g/mol. The maximum atomic E-state index is 12.2. The zero-order valence-electron chi connectivity index (χ0n) is 11.1. The van der Waals surface area contributed by atoms with Gasteiger partial charge in [0.25, 0.3) is 5.91 Å². The van der Waals surface area contributed by atoms with Crippen molar-refractivity contribution in [2.75, 3.05) is 18.0 Å². The van der Waals surface area contributed by atoms with Crippen molar-refractivity contribution in [2.24, 2.45) is 0 Å². The van der Waals surface area contributed by atoms with Crippen molar-refractivity contribution in [3.05, 3.63) is 17.1 Å². The molecule has 7 nitrogen and oxygen atoms in total. The van der Waals surface area contributed by atoms with Gasteiger partial charge in [-0.1, -0.05) is 0 Å². The molecule has 2 aromatic rings. The molecule has 0 aromatic carbocycles. The largest absolute Gasteiger partial charge is 0.397 e. The molecule has 1 amide bonds. The number of thiophene rings is 1. The van der Waals surface area contributed by atoms with Crippen LogP contribution in [0.1, 0.15) is 22.5 Å². The predicted molar refractivity (Wildman–Crippen MR) is 81.0 cm³/mol. The molecule has 1 aliphatic heterocycles. The molecule has 0 aliphatic carbocycles. The van der Waals surface area contributed by atoms with Crippen molar-refractivity contribution in [1.82, 2.24) is 15.5 Å². The SMILES string of the molecule is Nc1c(C(=O)NCC2CCCS2(=O)=O)sc2nnccc12. The Labute approximate surface area is 125 Å². The van der Waals surface area contributed by atoms with E-state index in [2.05, 4.69) is 15.5 Å². The first-order chi connectivity index (χ1) is 9.99. The Balaban J connectivity index is 1.77. The fourth-order valence-electron chi connectivity index (χ4n) is 2.42. The number of nitrogens with one attached hydrogen (secondary N) is 1. The van der Waals surface area contributed by atoms with Gasteiger partial charge in [0.15, 0.2) is 9.84 Å². The Bertz CT molecular complexity index is 800. The Hall–Kier alpha value is -1.74. The number of hydrogen-bond donors (Lipinski definition) is 2. The minimum absolute atomic E-state index is 0.126. The highest BCUT2D eigenvalue weighted by molar-refractivity contribution is 7.92. The zero-order valence-corrected chi connectivity index (χ0v) is 12.7. The number of carbonyl (C=O) groups excluding carboxylic acids is 1. The zero-order chi connectivity index (χ0) is 15.0. The van der Waals surface area contributed by atoms with Crippen LogP contribution >= 0.6 is 11.3 Å². The molecular formula is C12H14N4O3S2. The van der Waals surface area contributed by atoms with Crippen LogP contribution in [-0.2, 0) is 9.84 Å². The van der Waals surface area contributed by atoms with Crippen LogP contribution in [-0.4, -0.2) is 42.1 Å². The molecule has 3 rings (SSSR count). The lowest BCUT2D eigenvalue weighted by Crippen LogP contribution is -2.34. The average molecular weight is 326 g/mol. The maximum Gasteiger partial charge on any atom is 0.263 e. The summed E-state index contributed by atoms with van der Waals surface area (Å²) in [7, 11) is -3.06. The van der Waals surface area contributed by atoms with E-state index in [0.717, 1.165) is 11.3 Å². The number of carbonyl (C=O) groups is 1. The van der Waals surface area contributed by atoms with E-state index in [1.54, 1.807) is 6.07 Å². The summed E-state index contributed by atoms with van der Waals surface area (Å²) in [6, 6.07) is 1.70. The van der Waals surface area contributed by atoms with Crippen molar-refractivity contribution in [3.8, 4) is 0 Å². The number of hydrogen-bond acceptors (Lipinski definition) is 7. The summed E-state index contributed by atoms with van der Waals surface area (Å²) in [5.74, 6) is -0.161. The number of anilines is 1. The van der Waals surface area contributed by atoms with Crippen molar-refractivity contribution >= 4 is 43.0 Å². The van der Waals surface area contributed by atoms with Crippen LogP contribution in [0.3, 0.4) is 0 Å². The van der Waals surface area contributed by atoms with E-state index in [4.69, 9.17) is 5.73 Å². The van der Waals surface area contributed by atoms with Gasteiger partial charge in [-0.05, 0) is 18.9 Å². The molecule has 0 radical (unpaired) electrons. The van der Waals surface area contributed by atoms with E-state index in [9.17, 15) is 13.2 Å². The fourth-order valence-corrected chi connectivity index (χ4v) is 5.14. The van der Waals surface area contributed by atoms with E-state index in [1.165, 1.54) is 6.20 Å². The number of nitrogens with two attached hydrogens (primary N) is 1. The molecule has 2 aromatic heterocycles. The smallest absolute Gasteiger partial charge is 0.263 e. The van der Waals surface area contributed by atoms with E-state index < -0.39 is 15.1 Å². The Morgan fingerprint density at radius 2 is 2.33 bits per heavy atom. The second-order valence-corrected chi connectivity index (χ2v) is 8.34. The Morgan fingerprint density at radius 1 is 1.52 bits per heavy atom. The fraction of sp³-hybridized carbons (Fsp3) is 0.417. The average Bonchev–Trinajstić information content (AvgIpc) is 2.97. The molecule has 9 heteroatoms. The summed E-state index contributed by atoms with van der Waals surface area (Å²) in [5, 5.41) is 10.5. The highest BCUT2D eigenvalue weighted by atomic mass is 32.2. The van der Waals surface area contributed by atoms with Crippen molar-refractivity contribution in [1.29, 1.82) is 0 Å². The first kappa shape index (κ1) is 14.2. The number of fused-ring (bicyclic) bond motifs is 1. The van der Waals surface area contributed by atoms with Crippen LogP contribution in [0.2, 0.25) is 0 Å². The van der Waals surface area contributed by atoms with E-state index in [0.29, 0.717) is 33.6 Å². The first-order valence-corrected chi connectivity index (χ1v) is 9.01. The quantitative estimate of drug-likeness (QED) is 0.852. The highest BCUT2D eigenvalue weighted by Gasteiger charge is 2.31. The van der Waals surface area contributed by atoms with Gasteiger partial charge in [0.05, 0.1) is 22.9 Å². The van der Waals surface area contributed by atoms with Crippen molar-refractivity contribution < 1.29 is 13.2 Å². The third-order valence-electron chi connectivity index (χ3n) is 3.58. The molecule has 0 spiro atoms. The van der Waals surface area contributed by atoms with Gasteiger partial charge in [-0.25, -0.2) is 8.42 Å². The number of nitrogen functional groups attached to an aromatic ring is 1. The number of sulfone groups is 1. The molecule has 1 fully saturated rings. The van der Waals surface area contributed by atoms with Gasteiger partial charge < -0.3 is 11.1 Å². The molecule has 0 bridgehead atoms. The minimum atomic E-state index is -3.06. The number of amides is 1. The first-order valence-electron chi connectivity index (χ1n) is 6.48. The Kier molecular flexibility index (Phi) is 3.54. The molecule has 1 aliphatic rings. The van der Waals surface area contributed by atoms with E-state index in [-0.39, 0.29) is 18.2 Å². The monoisotopic (exact) mass is 326 g/mol. The summed E-state index contributed by atoms with van der Waals surface area (Å²) in [4.78, 5) is 13.1. The van der Waals surface area contributed by atoms with Crippen molar-refractivity contribution in [2.45, 2.75) is 18.1 Å². The summed E-state index contributed by atoms with van der Waals surface area (Å²) < 4.78 is 23.5. The number of nitrogens with zero attached hydrogens (tertiary/aromatic N) is 2. The second-order valence-electron chi connectivity index (χ2n) is 4.94. The molecule has 1 saturated heterocycles. The molecule has 21 heavy (non-hydrogen) atoms. The molecule has 1 atom stereocenters. The number of rotatable bonds is 3. The van der Waals surface area contributed by atoms with Gasteiger partial charge in [0, 0.05) is 11.9 Å².